The van der Waals surface area contributed by atoms with E-state index >= 15 is 0 Å². The highest BCUT2D eigenvalue weighted by Crippen LogP contribution is 2.31. The van der Waals surface area contributed by atoms with Crippen LogP contribution in [0.2, 0.25) is 0 Å². The first-order valence-electron chi connectivity index (χ1n) is 7.93. The van der Waals surface area contributed by atoms with Crippen molar-refractivity contribution in [1.29, 1.82) is 0 Å². The Hall–Kier alpha value is -2.09. The molecule has 1 saturated heterocycles. The van der Waals surface area contributed by atoms with Gasteiger partial charge in [0.1, 0.15) is 6.04 Å². The molecule has 1 aromatic rings. The van der Waals surface area contributed by atoms with E-state index in [1.807, 2.05) is 0 Å². The van der Waals surface area contributed by atoms with Gasteiger partial charge in [-0.15, -0.1) is 0 Å². The first-order chi connectivity index (χ1) is 11.3. The van der Waals surface area contributed by atoms with Gasteiger partial charge in [0.15, 0.2) is 0 Å². The lowest BCUT2D eigenvalue weighted by Crippen LogP contribution is -2.40. The number of amides is 1. The SMILES string of the molecule is CS(=O)(=O)N1CCCc2cc(C(=O)N3CCCC3C(=O)O)ccc21. The molecule has 8 heteroatoms. The Morgan fingerprint density at radius 3 is 2.62 bits per heavy atom. The maximum atomic E-state index is 12.7. The number of carbonyl (C=O) groups is 2. The number of hydrogen-bond acceptors (Lipinski definition) is 4. The molecule has 2 aliphatic heterocycles. The van der Waals surface area contributed by atoms with Crippen molar-refractivity contribution in [3.63, 3.8) is 0 Å². The molecule has 2 heterocycles. The van der Waals surface area contributed by atoms with Crippen LogP contribution in [0.4, 0.5) is 5.69 Å². The number of anilines is 1. The van der Waals surface area contributed by atoms with Gasteiger partial charge in [0.25, 0.3) is 5.91 Å². The molecular formula is C16H20N2O5S. The van der Waals surface area contributed by atoms with E-state index in [1.165, 1.54) is 15.5 Å². The first kappa shape index (κ1) is 16.8. The number of carboxylic acids is 1. The number of carbonyl (C=O) groups excluding carboxylic acids is 1. The van der Waals surface area contributed by atoms with Gasteiger partial charge in [-0.05, 0) is 49.4 Å². The van der Waals surface area contributed by atoms with Crippen LogP contribution < -0.4 is 4.31 Å². The maximum Gasteiger partial charge on any atom is 0.326 e. The number of carboxylic acid groups (broad SMARTS) is 1. The van der Waals surface area contributed by atoms with Crippen molar-refractivity contribution in [2.45, 2.75) is 31.7 Å². The lowest BCUT2D eigenvalue weighted by atomic mass is 10.00. The molecule has 130 valence electrons. The molecule has 1 amide bonds. The van der Waals surface area contributed by atoms with Crippen LogP contribution in [0.15, 0.2) is 18.2 Å². The van der Waals surface area contributed by atoms with Gasteiger partial charge in [0.05, 0.1) is 11.9 Å². The largest absolute Gasteiger partial charge is 0.480 e. The van der Waals surface area contributed by atoms with E-state index < -0.39 is 22.0 Å². The van der Waals surface area contributed by atoms with Crippen LogP contribution in [-0.4, -0.2) is 55.7 Å². The molecule has 24 heavy (non-hydrogen) atoms. The van der Waals surface area contributed by atoms with E-state index in [4.69, 9.17) is 0 Å². The highest BCUT2D eigenvalue weighted by atomic mass is 32.2. The average Bonchev–Trinajstić information content (AvgIpc) is 3.02. The second kappa shape index (κ2) is 6.08. The van der Waals surface area contributed by atoms with Crippen LogP contribution in [-0.2, 0) is 21.2 Å². The second-order valence-electron chi connectivity index (χ2n) is 6.28. The summed E-state index contributed by atoms with van der Waals surface area (Å²) in [5.74, 6) is -1.29. The molecular weight excluding hydrogens is 332 g/mol. The van der Waals surface area contributed by atoms with Crippen molar-refractivity contribution in [3.05, 3.63) is 29.3 Å². The summed E-state index contributed by atoms with van der Waals surface area (Å²) < 4.78 is 25.1. The number of benzene rings is 1. The first-order valence-corrected chi connectivity index (χ1v) is 9.78. The third kappa shape index (κ3) is 2.98. The van der Waals surface area contributed by atoms with Crippen molar-refractivity contribution < 1.29 is 23.1 Å². The summed E-state index contributed by atoms with van der Waals surface area (Å²) in [5.41, 5.74) is 1.83. The highest BCUT2D eigenvalue weighted by Gasteiger charge is 2.35. The average molecular weight is 352 g/mol. The highest BCUT2D eigenvalue weighted by molar-refractivity contribution is 7.92. The molecule has 1 aromatic carbocycles. The molecule has 2 aliphatic rings. The van der Waals surface area contributed by atoms with Crippen molar-refractivity contribution >= 4 is 27.6 Å². The number of nitrogens with zero attached hydrogens (tertiary/aromatic N) is 2. The summed E-state index contributed by atoms with van der Waals surface area (Å²) in [6, 6.07) is 4.16. The summed E-state index contributed by atoms with van der Waals surface area (Å²) in [7, 11) is -3.35. The van der Waals surface area contributed by atoms with Gasteiger partial charge in [0.2, 0.25) is 10.0 Å². The lowest BCUT2D eigenvalue weighted by molar-refractivity contribution is -0.141. The monoisotopic (exact) mass is 352 g/mol. The fourth-order valence-electron chi connectivity index (χ4n) is 3.47. The van der Waals surface area contributed by atoms with Gasteiger partial charge in [-0.1, -0.05) is 0 Å². The Labute approximate surface area is 140 Å². The number of fused-ring (bicyclic) bond motifs is 1. The summed E-state index contributed by atoms with van der Waals surface area (Å²) >= 11 is 0. The summed E-state index contributed by atoms with van der Waals surface area (Å²) in [4.78, 5) is 25.3. The standard InChI is InChI=1S/C16H20N2O5S/c1-24(22,23)18-9-2-4-11-10-12(6-7-13(11)18)15(19)17-8-3-5-14(17)16(20)21/h6-7,10,14H,2-5,8-9H2,1H3,(H,20,21). The Morgan fingerprint density at radius 2 is 1.96 bits per heavy atom. The van der Waals surface area contributed by atoms with Gasteiger partial charge in [-0.25, -0.2) is 13.2 Å². The molecule has 1 atom stereocenters. The van der Waals surface area contributed by atoms with Crippen molar-refractivity contribution in [3.8, 4) is 0 Å². The van der Waals surface area contributed by atoms with Gasteiger partial charge in [0, 0.05) is 18.7 Å². The smallest absolute Gasteiger partial charge is 0.326 e. The molecule has 0 saturated carbocycles. The minimum Gasteiger partial charge on any atom is -0.480 e. The van der Waals surface area contributed by atoms with E-state index in [9.17, 15) is 23.1 Å². The summed E-state index contributed by atoms with van der Waals surface area (Å²) in [6.45, 7) is 0.870. The Balaban J connectivity index is 1.91. The number of sulfonamides is 1. The molecule has 0 spiro atoms. The molecule has 3 rings (SSSR count). The lowest BCUT2D eigenvalue weighted by Gasteiger charge is -2.30. The third-order valence-corrected chi connectivity index (χ3v) is 5.78. The van der Waals surface area contributed by atoms with Crippen LogP contribution in [0.25, 0.3) is 0 Å². The third-order valence-electron chi connectivity index (χ3n) is 4.60. The molecule has 0 aromatic heterocycles. The Bertz CT molecular complexity index is 790. The van der Waals surface area contributed by atoms with Gasteiger partial charge in [-0.2, -0.15) is 0 Å². The minimum atomic E-state index is -3.35. The molecule has 1 unspecified atom stereocenters. The van der Waals surface area contributed by atoms with E-state index in [-0.39, 0.29) is 5.91 Å². The van der Waals surface area contributed by atoms with E-state index in [2.05, 4.69) is 0 Å². The fourth-order valence-corrected chi connectivity index (χ4v) is 4.47. The molecule has 0 bridgehead atoms. The quantitative estimate of drug-likeness (QED) is 0.878. The Morgan fingerprint density at radius 1 is 1.21 bits per heavy atom. The molecule has 0 aliphatic carbocycles. The predicted molar refractivity (Wildman–Crippen MR) is 88.6 cm³/mol. The van der Waals surface area contributed by atoms with Crippen LogP contribution >= 0.6 is 0 Å². The zero-order chi connectivity index (χ0) is 17.5. The zero-order valence-corrected chi connectivity index (χ0v) is 14.3. The normalized spacial score (nSPS) is 20.8. The number of hydrogen-bond donors (Lipinski definition) is 1. The number of likely N-dealkylation sites (tertiary alicyclic amines) is 1. The molecule has 1 N–H and O–H groups in total. The summed E-state index contributed by atoms with van der Waals surface area (Å²) in [5, 5.41) is 9.23. The number of rotatable bonds is 3. The summed E-state index contributed by atoms with van der Waals surface area (Å²) in [6.07, 6.45) is 3.70. The zero-order valence-electron chi connectivity index (χ0n) is 13.4. The number of aryl methyl sites for hydroxylation is 1. The van der Waals surface area contributed by atoms with Crippen LogP contribution in [0, 0.1) is 0 Å². The maximum absolute atomic E-state index is 12.7. The second-order valence-corrected chi connectivity index (χ2v) is 8.18. The predicted octanol–water partition coefficient (Wildman–Crippen LogP) is 1.09. The number of aliphatic carboxylic acids is 1. The molecule has 1 fully saturated rings. The van der Waals surface area contributed by atoms with Gasteiger partial charge >= 0.3 is 5.97 Å². The van der Waals surface area contributed by atoms with E-state index in [1.54, 1.807) is 18.2 Å². The van der Waals surface area contributed by atoms with Crippen molar-refractivity contribution in [1.82, 2.24) is 4.90 Å². The van der Waals surface area contributed by atoms with E-state index in [0.717, 1.165) is 5.56 Å². The van der Waals surface area contributed by atoms with Crippen molar-refractivity contribution in [2.24, 2.45) is 0 Å². The van der Waals surface area contributed by atoms with Crippen LogP contribution in [0.1, 0.15) is 35.2 Å². The van der Waals surface area contributed by atoms with E-state index in [0.29, 0.717) is 50.0 Å². The molecule has 0 radical (unpaired) electrons. The van der Waals surface area contributed by atoms with Crippen LogP contribution in [0.5, 0.6) is 0 Å². The fraction of sp³-hybridized carbons (Fsp3) is 0.500. The van der Waals surface area contributed by atoms with Crippen molar-refractivity contribution in [2.75, 3.05) is 23.7 Å². The topological polar surface area (TPSA) is 95.0 Å². The van der Waals surface area contributed by atoms with Gasteiger partial charge in [-0.3, -0.25) is 9.10 Å². The van der Waals surface area contributed by atoms with Crippen LogP contribution in [0.3, 0.4) is 0 Å². The van der Waals surface area contributed by atoms with Gasteiger partial charge < -0.3 is 10.0 Å². The Kier molecular flexibility index (Phi) is 4.25. The molecule has 7 nitrogen and oxygen atoms in total. The minimum absolute atomic E-state index is 0.306.